The fourth-order valence-electron chi connectivity index (χ4n) is 2.06. The van der Waals surface area contributed by atoms with Crippen LogP contribution in [0, 0.1) is 0 Å². The second-order valence-corrected chi connectivity index (χ2v) is 5.11. The molecule has 2 aromatic rings. The number of nitrogens with one attached hydrogen (secondary N) is 2. The molecule has 5 nitrogen and oxygen atoms in total. The van der Waals surface area contributed by atoms with Crippen molar-refractivity contribution in [2.45, 2.75) is 26.4 Å². The molecule has 112 valence electrons. The second-order valence-electron chi connectivity index (χ2n) is 5.11. The molecule has 1 heterocycles. The van der Waals surface area contributed by atoms with E-state index in [1.54, 1.807) is 6.20 Å². The normalized spacial score (nSPS) is 11.0. The fraction of sp³-hybridized carbons (Fsp3) is 0.375. The van der Waals surface area contributed by atoms with Gasteiger partial charge in [-0.15, -0.1) is 0 Å². The molecule has 5 heteroatoms. The summed E-state index contributed by atoms with van der Waals surface area (Å²) in [4.78, 5) is 27.0. The van der Waals surface area contributed by atoms with Crippen LogP contribution in [0.1, 0.15) is 30.6 Å². The summed E-state index contributed by atoms with van der Waals surface area (Å²) in [6.45, 7) is 4.91. The first-order valence-electron chi connectivity index (χ1n) is 7.10. The lowest BCUT2D eigenvalue weighted by atomic mass is 10.1. The molecule has 21 heavy (non-hydrogen) atoms. The number of rotatable bonds is 7. The number of ether oxygens (including phenoxy) is 1. The number of Topliss-reactive ketones (excluding diaryl/α,β-unsaturated/α-hetero) is 1. The molecule has 0 unspecified atom stereocenters. The van der Waals surface area contributed by atoms with E-state index in [4.69, 9.17) is 4.74 Å². The van der Waals surface area contributed by atoms with Crippen LogP contribution in [-0.2, 0) is 9.53 Å². The summed E-state index contributed by atoms with van der Waals surface area (Å²) < 4.78 is 5.37. The molecule has 0 radical (unpaired) electrons. The van der Waals surface area contributed by atoms with Gasteiger partial charge in [0.25, 0.3) is 11.7 Å². The van der Waals surface area contributed by atoms with Crippen LogP contribution in [0.25, 0.3) is 10.9 Å². The Labute approximate surface area is 123 Å². The Balaban J connectivity index is 1.89. The van der Waals surface area contributed by atoms with Crippen LogP contribution in [0.4, 0.5) is 0 Å². The monoisotopic (exact) mass is 288 g/mol. The third-order valence-corrected chi connectivity index (χ3v) is 3.10. The molecule has 0 bridgehead atoms. The second kappa shape index (κ2) is 7.04. The number of carbonyl (C=O) groups excluding carboxylic acids is 2. The molecule has 2 rings (SSSR count). The van der Waals surface area contributed by atoms with E-state index in [0.717, 1.165) is 10.9 Å². The SMILES string of the molecule is CC(C)OCCCNC(=O)C(=O)c1c[nH]c2ccccc12. The average Bonchev–Trinajstić information content (AvgIpc) is 2.89. The maximum absolute atomic E-state index is 12.1. The van der Waals surface area contributed by atoms with Gasteiger partial charge < -0.3 is 15.0 Å². The summed E-state index contributed by atoms with van der Waals surface area (Å²) in [6.07, 6.45) is 2.44. The van der Waals surface area contributed by atoms with Crippen molar-refractivity contribution in [3.63, 3.8) is 0 Å². The van der Waals surface area contributed by atoms with Gasteiger partial charge in [-0.1, -0.05) is 18.2 Å². The molecule has 2 N–H and O–H groups in total. The van der Waals surface area contributed by atoms with Crippen molar-refractivity contribution in [1.29, 1.82) is 0 Å². The molecule has 1 aromatic carbocycles. The zero-order chi connectivity index (χ0) is 15.2. The van der Waals surface area contributed by atoms with Crippen LogP contribution in [0.2, 0.25) is 0 Å². The highest BCUT2D eigenvalue weighted by Crippen LogP contribution is 2.17. The van der Waals surface area contributed by atoms with Crippen molar-refractivity contribution in [1.82, 2.24) is 10.3 Å². The summed E-state index contributed by atoms with van der Waals surface area (Å²) in [5.74, 6) is -1.10. The minimum atomic E-state index is -0.579. The van der Waals surface area contributed by atoms with Gasteiger partial charge in [-0.3, -0.25) is 9.59 Å². The van der Waals surface area contributed by atoms with Gasteiger partial charge in [0, 0.05) is 30.3 Å². The molecule has 1 aromatic heterocycles. The van der Waals surface area contributed by atoms with E-state index in [9.17, 15) is 9.59 Å². The molecule has 0 atom stereocenters. The lowest BCUT2D eigenvalue weighted by Crippen LogP contribution is -2.32. The molecular weight excluding hydrogens is 268 g/mol. The van der Waals surface area contributed by atoms with Crippen LogP contribution < -0.4 is 5.32 Å². The predicted octanol–water partition coefficient (Wildman–Crippen LogP) is 2.28. The summed E-state index contributed by atoms with van der Waals surface area (Å²) in [5.41, 5.74) is 1.25. The number of hydrogen-bond donors (Lipinski definition) is 2. The fourth-order valence-corrected chi connectivity index (χ4v) is 2.06. The Morgan fingerprint density at radius 3 is 2.81 bits per heavy atom. The van der Waals surface area contributed by atoms with Gasteiger partial charge in [-0.2, -0.15) is 0 Å². The van der Waals surface area contributed by atoms with Gasteiger partial charge in [-0.05, 0) is 26.3 Å². The molecule has 0 aliphatic heterocycles. The van der Waals surface area contributed by atoms with Crippen molar-refractivity contribution in [2.75, 3.05) is 13.2 Å². The van der Waals surface area contributed by atoms with Crippen molar-refractivity contribution < 1.29 is 14.3 Å². The van der Waals surface area contributed by atoms with Crippen molar-refractivity contribution >= 4 is 22.6 Å². The average molecular weight is 288 g/mol. The van der Waals surface area contributed by atoms with Crippen LogP contribution in [-0.4, -0.2) is 35.9 Å². The molecule has 1 amide bonds. The zero-order valence-corrected chi connectivity index (χ0v) is 12.3. The topological polar surface area (TPSA) is 71.2 Å². The highest BCUT2D eigenvalue weighted by Gasteiger charge is 2.19. The minimum Gasteiger partial charge on any atom is -0.379 e. The number of H-pyrrole nitrogens is 1. The van der Waals surface area contributed by atoms with Gasteiger partial charge in [0.05, 0.1) is 11.7 Å². The lowest BCUT2D eigenvalue weighted by molar-refractivity contribution is -0.117. The minimum absolute atomic E-state index is 0.175. The quantitative estimate of drug-likeness (QED) is 0.466. The van der Waals surface area contributed by atoms with E-state index in [1.165, 1.54) is 0 Å². The number of carbonyl (C=O) groups is 2. The lowest BCUT2D eigenvalue weighted by Gasteiger charge is -2.07. The first kappa shape index (κ1) is 15.3. The number of aromatic amines is 1. The Bertz CT molecular complexity index is 631. The summed E-state index contributed by atoms with van der Waals surface area (Å²) in [7, 11) is 0. The summed E-state index contributed by atoms with van der Waals surface area (Å²) >= 11 is 0. The first-order chi connectivity index (χ1) is 10.1. The van der Waals surface area contributed by atoms with Gasteiger partial charge in [0.15, 0.2) is 0 Å². The van der Waals surface area contributed by atoms with Crippen LogP contribution in [0.15, 0.2) is 30.5 Å². The standard InChI is InChI=1S/C16H20N2O3/c1-11(2)21-9-5-8-17-16(20)15(19)13-10-18-14-7-4-3-6-12(13)14/h3-4,6-7,10-11,18H,5,8-9H2,1-2H3,(H,17,20). The number of benzene rings is 1. The van der Waals surface area contributed by atoms with E-state index in [2.05, 4.69) is 10.3 Å². The van der Waals surface area contributed by atoms with E-state index < -0.39 is 11.7 Å². The number of fused-ring (bicyclic) bond motifs is 1. The Morgan fingerprint density at radius 1 is 1.29 bits per heavy atom. The van der Waals surface area contributed by atoms with Gasteiger partial charge >= 0.3 is 0 Å². The molecule has 0 aliphatic rings. The van der Waals surface area contributed by atoms with E-state index in [-0.39, 0.29) is 6.10 Å². The van der Waals surface area contributed by atoms with Gasteiger partial charge in [0.2, 0.25) is 0 Å². The summed E-state index contributed by atoms with van der Waals surface area (Å²) in [6, 6.07) is 7.41. The summed E-state index contributed by atoms with van der Waals surface area (Å²) in [5, 5.41) is 3.39. The first-order valence-corrected chi connectivity index (χ1v) is 7.10. The van der Waals surface area contributed by atoms with E-state index in [0.29, 0.717) is 25.1 Å². The van der Waals surface area contributed by atoms with Crippen LogP contribution in [0.3, 0.4) is 0 Å². The largest absolute Gasteiger partial charge is 0.379 e. The molecule has 0 aliphatic carbocycles. The van der Waals surface area contributed by atoms with Gasteiger partial charge in [-0.25, -0.2) is 0 Å². The third kappa shape index (κ3) is 3.92. The van der Waals surface area contributed by atoms with Crippen molar-refractivity contribution in [3.05, 3.63) is 36.0 Å². The molecule has 0 saturated heterocycles. The zero-order valence-electron chi connectivity index (χ0n) is 12.3. The molecule has 0 spiro atoms. The molecular formula is C16H20N2O3. The van der Waals surface area contributed by atoms with Crippen molar-refractivity contribution in [2.24, 2.45) is 0 Å². The highest BCUT2D eigenvalue weighted by molar-refractivity contribution is 6.44. The molecule has 0 fully saturated rings. The Kier molecular flexibility index (Phi) is 5.11. The third-order valence-electron chi connectivity index (χ3n) is 3.10. The maximum Gasteiger partial charge on any atom is 0.292 e. The van der Waals surface area contributed by atoms with E-state index >= 15 is 0 Å². The van der Waals surface area contributed by atoms with Gasteiger partial charge in [0.1, 0.15) is 0 Å². The maximum atomic E-state index is 12.1. The van der Waals surface area contributed by atoms with E-state index in [1.807, 2.05) is 38.1 Å². The molecule has 0 saturated carbocycles. The predicted molar refractivity (Wildman–Crippen MR) is 81.3 cm³/mol. The Morgan fingerprint density at radius 2 is 2.05 bits per heavy atom. The van der Waals surface area contributed by atoms with Crippen molar-refractivity contribution in [3.8, 4) is 0 Å². The smallest absolute Gasteiger partial charge is 0.292 e. The van der Waals surface area contributed by atoms with Crippen LogP contribution in [0.5, 0.6) is 0 Å². The highest BCUT2D eigenvalue weighted by atomic mass is 16.5. The number of hydrogen-bond acceptors (Lipinski definition) is 3. The van der Waals surface area contributed by atoms with Crippen LogP contribution >= 0.6 is 0 Å². The number of aromatic nitrogens is 1. The number of amides is 1. The number of ketones is 1. The Hall–Kier alpha value is -2.14. The number of para-hydroxylation sites is 1.